The smallest absolute Gasteiger partial charge is 0.407 e. The Labute approximate surface area is 203 Å². The Kier molecular flexibility index (Phi) is 6.23. The number of hydrogen-bond donors (Lipinski definition) is 3. The molecule has 0 radical (unpaired) electrons. The number of fused-ring (bicyclic) bond motifs is 3. The summed E-state index contributed by atoms with van der Waals surface area (Å²) < 4.78 is 5.57. The lowest BCUT2D eigenvalue weighted by molar-refractivity contribution is -0.157. The van der Waals surface area contributed by atoms with Gasteiger partial charge in [0.1, 0.15) is 6.61 Å². The van der Waals surface area contributed by atoms with Crippen molar-refractivity contribution in [2.75, 3.05) is 26.2 Å². The van der Waals surface area contributed by atoms with Crippen molar-refractivity contribution in [2.24, 2.45) is 11.8 Å². The van der Waals surface area contributed by atoms with E-state index >= 15 is 0 Å². The Bertz CT molecular complexity index is 1100. The van der Waals surface area contributed by atoms with Gasteiger partial charge in [0, 0.05) is 31.8 Å². The number of carbonyl (C=O) groups excluding carboxylic acids is 2. The van der Waals surface area contributed by atoms with E-state index in [2.05, 4.69) is 29.6 Å². The normalized spacial score (nSPS) is 24.9. The molecule has 0 spiro atoms. The average molecular weight is 479 g/mol. The number of aliphatic carboxylic acids is 1. The molecule has 8 heteroatoms. The lowest BCUT2D eigenvalue weighted by atomic mass is 9.73. The number of nitrogens with zero attached hydrogens (tertiary/aromatic N) is 1. The molecule has 35 heavy (non-hydrogen) atoms. The van der Waals surface area contributed by atoms with Gasteiger partial charge >= 0.3 is 12.1 Å². The zero-order valence-corrected chi connectivity index (χ0v) is 19.5. The third-order valence-electron chi connectivity index (χ3n) is 7.67. The van der Waals surface area contributed by atoms with E-state index < -0.39 is 17.7 Å². The maximum atomic E-state index is 12.5. The fourth-order valence-corrected chi connectivity index (χ4v) is 5.64. The monoisotopic (exact) mass is 478 g/mol. The van der Waals surface area contributed by atoms with Gasteiger partial charge in [-0.15, -0.1) is 0 Å². The molecule has 2 fully saturated rings. The first kappa shape index (κ1) is 23.4. The van der Waals surface area contributed by atoms with Crippen molar-refractivity contribution in [3.05, 3.63) is 59.7 Å². The molecule has 1 aliphatic heterocycles. The van der Waals surface area contributed by atoms with Gasteiger partial charge in [-0.1, -0.05) is 48.5 Å². The van der Waals surface area contributed by atoms with Crippen LogP contribution in [0.2, 0.25) is 0 Å². The summed E-state index contributed by atoms with van der Waals surface area (Å²) in [5.41, 5.74) is 2.90. The lowest BCUT2D eigenvalue weighted by Crippen LogP contribution is -2.43. The van der Waals surface area contributed by atoms with Crippen molar-refractivity contribution in [2.45, 2.75) is 37.2 Å². The zero-order chi connectivity index (χ0) is 24.6. The number of ether oxygens (including phenoxy) is 1. The Balaban J connectivity index is 1.03. The second-order valence-corrected chi connectivity index (χ2v) is 10.0. The largest absolute Gasteiger partial charge is 0.479 e. The number of carboxylic acids is 1. The van der Waals surface area contributed by atoms with Crippen LogP contribution in [0.3, 0.4) is 0 Å². The summed E-state index contributed by atoms with van der Waals surface area (Å²) in [6, 6.07) is 16.4. The highest BCUT2D eigenvalue weighted by Crippen LogP contribution is 2.44. The Hall–Kier alpha value is -3.39. The second kappa shape index (κ2) is 9.34. The Morgan fingerprint density at radius 3 is 2.23 bits per heavy atom. The molecular weight excluding hydrogens is 448 g/mol. The highest BCUT2D eigenvalue weighted by atomic mass is 16.5. The van der Waals surface area contributed by atoms with Crippen LogP contribution in [-0.4, -0.2) is 64.9 Å². The van der Waals surface area contributed by atoms with E-state index in [0.717, 1.165) is 12.8 Å². The van der Waals surface area contributed by atoms with E-state index in [-0.39, 0.29) is 43.9 Å². The molecule has 3 N–H and O–H groups in total. The van der Waals surface area contributed by atoms with Crippen LogP contribution in [0.1, 0.15) is 42.7 Å². The van der Waals surface area contributed by atoms with Crippen LogP contribution in [0.4, 0.5) is 4.79 Å². The van der Waals surface area contributed by atoms with Gasteiger partial charge in [-0.2, -0.15) is 0 Å². The van der Waals surface area contributed by atoms with Gasteiger partial charge < -0.3 is 25.2 Å². The molecule has 2 aromatic rings. The van der Waals surface area contributed by atoms with Gasteiger partial charge in [0.15, 0.2) is 5.60 Å². The van der Waals surface area contributed by atoms with Gasteiger partial charge in [0.05, 0.1) is 6.54 Å². The number of benzene rings is 2. The van der Waals surface area contributed by atoms with E-state index in [1.807, 2.05) is 24.3 Å². The van der Waals surface area contributed by atoms with Crippen molar-refractivity contribution >= 4 is 18.0 Å². The quantitative estimate of drug-likeness (QED) is 0.563. The minimum absolute atomic E-state index is 0.0246. The number of hydrogen-bond acceptors (Lipinski definition) is 5. The van der Waals surface area contributed by atoms with Crippen LogP contribution < -0.4 is 5.32 Å². The van der Waals surface area contributed by atoms with Crippen LogP contribution in [0.15, 0.2) is 48.5 Å². The van der Waals surface area contributed by atoms with E-state index in [0.29, 0.717) is 18.9 Å². The van der Waals surface area contributed by atoms with Crippen molar-refractivity contribution in [1.29, 1.82) is 0 Å². The van der Waals surface area contributed by atoms with E-state index in [4.69, 9.17) is 9.84 Å². The summed E-state index contributed by atoms with van der Waals surface area (Å²) in [6.45, 7) is 0.895. The Morgan fingerprint density at radius 2 is 1.63 bits per heavy atom. The number of carbonyl (C=O) groups is 3. The molecular formula is C27H30N2O6. The molecule has 1 saturated carbocycles. The van der Waals surface area contributed by atoms with Crippen molar-refractivity contribution < 1.29 is 29.3 Å². The topological polar surface area (TPSA) is 116 Å². The maximum Gasteiger partial charge on any atom is 0.407 e. The fraction of sp³-hybridized carbons (Fsp3) is 0.444. The number of rotatable bonds is 7. The fourth-order valence-electron chi connectivity index (χ4n) is 5.64. The van der Waals surface area contributed by atoms with Crippen molar-refractivity contribution in [3.63, 3.8) is 0 Å². The van der Waals surface area contributed by atoms with Gasteiger partial charge in [-0.3, -0.25) is 4.79 Å². The molecule has 1 atom stereocenters. The summed E-state index contributed by atoms with van der Waals surface area (Å²) in [6.07, 6.45) is 1.62. The van der Waals surface area contributed by atoms with E-state index in [1.165, 1.54) is 27.2 Å². The summed E-state index contributed by atoms with van der Waals surface area (Å²) in [5.74, 6) is -0.860. The van der Waals surface area contributed by atoms with Gasteiger partial charge in [-0.05, 0) is 46.9 Å². The number of aliphatic hydroxyl groups is 1. The predicted molar refractivity (Wildman–Crippen MR) is 128 cm³/mol. The first-order valence-corrected chi connectivity index (χ1v) is 12.2. The standard InChI is InChI=1S/C27H30N2O6/c30-24(29-10-9-27(34,16-29)25(31)32)13-17-11-18(12-17)14-28-26(33)35-15-23-21-7-3-1-5-19(21)20-6-2-4-8-22(20)23/h1-8,17-18,23,34H,9-16H2,(H,28,33)(H,31,32). The summed E-state index contributed by atoms with van der Waals surface area (Å²) >= 11 is 0. The lowest BCUT2D eigenvalue weighted by Gasteiger charge is -2.35. The highest BCUT2D eigenvalue weighted by molar-refractivity contribution is 5.82. The molecule has 0 aromatic heterocycles. The third-order valence-corrected chi connectivity index (χ3v) is 7.67. The molecule has 1 unspecified atom stereocenters. The first-order chi connectivity index (χ1) is 16.8. The van der Waals surface area contributed by atoms with Crippen LogP contribution >= 0.6 is 0 Å². The molecule has 8 nitrogen and oxygen atoms in total. The molecule has 5 rings (SSSR count). The van der Waals surface area contributed by atoms with E-state index in [1.54, 1.807) is 0 Å². The SMILES string of the molecule is O=C(NCC1CC(CC(=O)N2CCC(O)(C(=O)O)C2)C1)OCC1c2ccccc2-c2ccccc21. The van der Waals surface area contributed by atoms with Gasteiger partial charge in [0.2, 0.25) is 5.91 Å². The van der Waals surface area contributed by atoms with Crippen LogP contribution in [0.5, 0.6) is 0 Å². The number of β-amino-alcohol motifs (C(OH)–C–C–N with tert-alkyl or cyclic N) is 1. The summed E-state index contributed by atoms with van der Waals surface area (Å²) in [4.78, 5) is 37.4. The minimum atomic E-state index is -1.83. The molecule has 0 bridgehead atoms. The molecule has 1 saturated heterocycles. The molecule has 1 heterocycles. The van der Waals surface area contributed by atoms with Crippen LogP contribution in [-0.2, 0) is 14.3 Å². The Morgan fingerprint density at radius 1 is 1.00 bits per heavy atom. The number of carboxylic acid groups (broad SMARTS) is 1. The predicted octanol–water partition coefficient (Wildman–Crippen LogP) is 2.99. The van der Waals surface area contributed by atoms with Crippen LogP contribution in [0, 0.1) is 11.8 Å². The number of nitrogens with one attached hydrogen (secondary N) is 1. The minimum Gasteiger partial charge on any atom is -0.479 e. The first-order valence-electron chi connectivity index (χ1n) is 12.2. The van der Waals surface area contributed by atoms with E-state index in [9.17, 15) is 19.5 Å². The summed E-state index contributed by atoms with van der Waals surface area (Å²) in [7, 11) is 0. The van der Waals surface area contributed by atoms with Gasteiger partial charge in [-0.25, -0.2) is 9.59 Å². The zero-order valence-electron chi connectivity index (χ0n) is 19.5. The molecule has 184 valence electrons. The molecule has 3 aliphatic rings. The molecule has 2 aromatic carbocycles. The van der Waals surface area contributed by atoms with Crippen molar-refractivity contribution in [1.82, 2.24) is 10.2 Å². The van der Waals surface area contributed by atoms with Gasteiger partial charge in [0.25, 0.3) is 0 Å². The maximum absolute atomic E-state index is 12.5. The number of amides is 2. The van der Waals surface area contributed by atoms with Crippen molar-refractivity contribution in [3.8, 4) is 11.1 Å². The molecule has 2 aliphatic carbocycles. The molecule has 2 amide bonds. The highest BCUT2D eigenvalue weighted by Gasteiger charge is 2.45. The van der Waals surface area contributed by atoms with Crippen LogP contribution in [0.25, 0.3) is 11.1 Å². The average Bonchev–Trinajstić information content (AvgIpc) is 3.38. The summed E-state index contributed by atoms with van der Waals surface area (Å²) in [5, 5.41) is 22.0. The number of likely N-dealkylation sites (tertiary alicyclic amines) is 1. The third kappa shape index (κ3) is 4.62. The second-order valence-electron chi connectivity index (χ2n) is 10.0. The number of alkyl carbamates (subject to hydrolysis) is 1.